The van der Waals surface area contributed by atoms with Crippen molar-refractivity contribution in [2.24, 2.45) is 0 Å². The second kappa shape index (κ2) is 9.22. The highest BCUT2D eigenvalue weighted by Gasteiger charge is 2.31. The van der Waals surface area contributed by atoms with Crippen molar-refractivity contribution in [1.82, 2.24) is 4.31 Å². The second-order valence-electron chi connectivity index (χ2n) is 6.56. The molecule has 2 N–H and O–H groups in total. The summed E-state index contributed by atoms with van der Waals surface area (Å²) in [6.07, 6.45) is -0.583. The maximum atomic E-state index is 13.0. The number of nitrogens with one attached hydrogen (secondary N) is 1. The zero-order chi connectivity index (χ0) is 19.3. The van der Waals surface area contributed by atoms with Gasteiger partial charge in [0.2, 0.25) is 10.0 Å². The lowest BCUT2D eigenvalue weighted by atomic mass is 10.3. The minimum Gasteiger partial charge on any atom is -0.385 e. The summed E-state index contributed by atoms with van der Waals surface area (Å²) in [7, 11) is -3.60. The Morgan fingerprint density at radius 1 is 1.22 bits per heavy atom. The number of ether oxygens (including phenoxy) is 1. The predicted octanol–water partition coefficient (Wildman–Crippen LogP) is 0.354. The van der Waals surface area contributed by atoms with Crippen molar-refractivity contribution >= 4 is 21.4 Å². The minimum absolute atomic E-state index is 0.106. The first kappa shape index (κ1) is 20.4. The number of hydrogen-bond donors (Lipinski definition) is 2. The number of halogens is 1. The van der Waals surface area contributed by atoms with Crippen LogP contribution in [-0.4, -0.2) is 63.3 Å². The standard InChI is InChI=1S/C18H23FN2O4S2/c19-15-3-5-18(6-4-15)27(23,24)21-9-7-20(8-10-21)12-16(22)13-25-14-17-2-1-11-26-17/h1-6,11,16,22H,7-10,12-14H2/p+1/t16-/m1/s1. The molecule has 1 aromatic heterocycles. The Bertz CT molecular complexity index is 804. The molecule has 2 heterocycles. The number of aliphatic hydroxyl groups excluding tert-OH is 1. The third-order valence-corrected chi connectivity index (χ3v) is 7.30. The van der Waals surface area contributed by atoms with Gasteiger partial charge in [-0.2, -0.15) is 4.31 Å². The average Bonchev–Trinajstić information content (AvgIpc) is 3.16. The van der Waals surface area contributed by atoms with E-state index in [1.165, 1.54) is 16.4 Å². The zero-order valence-corrected chi connectivity index (χ0v) is 16.5. The molecule has 0 aliphatic carbocycles. The summed E-state index contributed by atoms with van der Waals surface area (Å²) in [6.45, 7) is 3.25. The van der Waals surface area contributed by atoms with Gasteiger partial charge in [-0.1, -0.05) is 6.07 Å². The van der Waals surface area contributed by atoms with Gasteiger partial charge in [0.25, 0.3) is 0 Å². The number of hydrogen-bond acceptors (Lipinski definition) is 5. The van der Waals surface area contributed by atoms with Crippen LogP contribution in [0.1, 0.15) is 4.88 Å². The van der Waals surface area contributed by atoms with Crippen molar-refractivity contribution in [3.63, 3.8) is 0 Å². The van der Waals surface area contributed by atoms with E-state index in [-0.39, 0.29) is 11.5 Å². The molecule has 0 amide bonds. The highest BCUT2D eigenvalue weighted by atomic mass is 32.2. The number of piperazine rings is 1. The number of thiophene rings is 1. The fraction of sp³-hybridized carbons (Fsp3) is 0.444. The van der Waals surface area contributed by atoms with Crippen molar-refractivity contribution in [3.8, 4) is 0 Å². The fourth-order valence-corrected chi connectivity index (χ4v) is 5.17. The molecule has 6 nitrogen and oxygen atoms in total. The molecule has 148 valence electrons. The lowest BCUT2D eigenvalue weighted by Crippen LogP contribution is -3.15. The van der Waals surface area contributed by atoms with E-state index in [1.807, 2.05) is 17.5 Å². The number of nitrogens with zero attached hydrogens (tertiary/aromatic N) is 1. The average molecular weight is 416 g/mol. The largest absolute Gasteiger partial charge is 0.385 e. The molecule has 0 saturated carbocycles. The summed E-state index contributed by atoms with van der Waals surface area (Å²) in [5.41, 5.74) is 0. The second-order valence-corrected chi connectivity index (χ2v) is 9.53. The monoisotopic (exact) mass is 415 g/mol. The Kier molecular flexibility index (Phi) is 6.96. The van der Waals surface area contributed by atoms with Gasteiger partial charge >= 0.3 is 0 Å². The molecule has 3 rings (SSSR count). The van der Waals surface area contributed by atoms with Gasteiger partial charge in [-0.05, 0) is 35.7 Å². The number of rotatable bonds is 8. The molecule has 1 fully saturated rings. The van der Waals surface area contributed by atoms with Crippen LogP contribution in [0.4, 0.5) is 4.39 Å². The maximum Gasteiger partial charge on any atom is 0.243 e. The van der Waals surface area contributed by atoms with E-state index in [0.29, 0.717) is 39.3 Å². The lowest BCUT2D eigenvalue weighted by molar-refractivity contribution is -0.906. The number of aliphatic hydroxyl groups is 1. The Morgan fingerprint density at radius 2 is 1.93 bits per heavy atom. The first-order valence-corrected chi connectivity index (χ1v) is 11.1. The fourth-order valence-electron chi connectivity index (χ4n) is 3.08. The van der Waals surface area contributed by atoms with Crippen LogP contribution in [0.3, 0.4) is 0 Å². The van der Waals surface area contributed by atoms with Crippen LogP contribution < -0.4 is 4.90 Å². The van der Waals surface area contributed by atoms with E-state index >= 15 is 0 Å². The molecule has 1 aliphatic rings. The van der Waals surface area contributed by atoms with Crippen molar-refractivity contribution in [1.29, 1.82) is 0 Å². The third-order valence-electron chi connectivity index (χ3n) is 4.54. The number of sulfonamides is 1. The van der Waals surface area contributed by atoms with Crippen LogP contribution in [0.5, 0.6) is 0 Å². The Balaban J connectivity index is 1.43. The SMILES string of the molecule is O=S(=O)(c1ccc(F)cc1)N1CC[NH+](C[C@@H](O)COCc2cccs2)CC1. The number of benzene rings is 1. The predicted molar refractivity (Wildman–Crippen MR) is 101 cm³/mol. The van der Waals surface area contributed by atoms with E-state index < -0.39 is 21.9 Å². The van der Waals surface area contributed by atoms with Crippen molar-refractivity contribution in [3.05, 3.63) is 52.5 Å². The van der Waals surface area contributed by atoms with E-state index in [1.54, 1.807) is 11.3 Å². The van der Waals surface area contributed by atoms with Crippen LogP contribution in [0.25, 0.3) is 0 Å². The first-order chi connectivity index (χ1) is 12.9. The highest BCUT2D eigenvalue weighted by Crippen LogP contribution is 2.16. The molecular formula is C18H24FN2O4S2+. The molecule has 0 bridgehead atoms. The quantitative estimate of drug-likeness (QED) is 0.653. The summed E-state index contributed by atoms with van der Waals surface area (Å²) in [6, 6.07) is 8.84. The molecule has 0 spiro atoms. The molecule has 0 unspecified atom stereocenters. The van der Waals surface area contributed by atoms with Gasteiger partial charge in [-0.15, -0.1) is 11.3 Å². The van der Waals surface area contributed by atoms with E-state index in [4.69, 9.17) is 4.74 Å². The smallest absolute Gasteiger partial charge is 0.243 e. The Labute approximate surface area is 162 Å². The molecule has 1 aliphatic heterocycles. The maximum absolute atomic E-state index is 13.0. The van der Waals surface area contributed by atoms with Crippen LogP contribution in [0.2, 0.25) is 0 Å². The van der Waals surface area contributed by atoms with E-state index in [2.05, 4.69) is 0 Å². The summed E-state index contributed by atoms with van der Waals surface area (Å²) in [5, 5.41) is 12.1. The summed E-state index contributed by atoms with van der Waals surface area (Å²) >= 11 is 1.62. The van der Waals surface area contributed by atoms with Gasteiger partial charge in [0, 0.05) is 4.88 Å². The molecule has 2 aromatic rings. The normalized spacial score (nSPS) is 17.9. The van der Waals surface area contributed by atoms with Crippen molar-refractivity contribution < 1.29 is 27.6 Å². The van der Waals surface area contributed by atoms with Crippen LogP contribution in [0.15, 0.2) is 46.7 Å². The topological polar surface area (TPSA) is 71.3 Å². The summed E-state index contributed by atoms with van der Waals surface area (Å²) in [4.78, 5) is 2.37. The molecule has 1 aromatic carbocycles. The van der Waals surface area contributed by atoms with Gasteiger partial charge in [-0.3, -0.25) is 0 Å². The molecule has 9 heteroatoms. The molecule has 27 heavy (non-hydrogen) atoms. The lowest BCUT2D eigenvalue weighted by Gasteiger charge is -2.32. The molecular weight excluding hydrogens is 391 g/mol. The van der Waals surface area contributed by atoms with Crippen LogP contribution in [-0.2, 0) is 21.4 Å². The van der Waals surface area contributed by atoms with Gasteiger partial charge in [0.15, 0.2) is 0 Å². The van der Waals surface area contributed by atoms with Crippen LogP contribution >= 0.6 is 11.3 Å². The Morgan fingerprint density at radius 3 is 2.56 bits per heavy atom. The Hall–Kier alpha value is -1.36. The first-order valence-electron chi connectivity index (χ1n) is 8.82. The van der Waals surface area contributed by atoms with Gasteiger partial charge in [0.05, 0.1) is 44.3 Å². The third kappa shape index (κ3) is 5.56. The van der Waals surface area contributed by atoms with Crippen molar-refractivity contribution in [2.75, 3.05) is 39.3 Å². The van der Waals surface area contributed by atoms with E-state index in [9.17, 15) is 17.9 Å². The summed E-state index contributed by atoms with van der Waals surface area (Å²) < 4.78 is 45.2. The van der Waals surface area contributed by atoms with Gasteiger partial charge in [0.1, 0.15) is 18.5 Å². The minimum atomic E-state index is -3.60. The number of quaternary nitrogens is 1. The van der Waals surface area contributed by atoms with Crippen molar-refractivity contribution in [2.45, 2.75) is 17.6 Å². The van der Waals surface area contributed by atoms with E-state index in [0.717, 1.165) is 21.9 Å². The van der Waals surface area contributed by atoms with Crippen LogP contribution in [0, 0.1) is 5.82 Å². The molecule has 0 radical (unpaired) electrons. The van der Waals surface area contributed by atoms with Gasteiger partial charge < -0.3 is 14.7 Å². The van der Waals surface area contributed by atoms with Gasteiger partial charge in [-0.25, -0.2) is 12.8 Å². The molecule has 1 saturated heterocycles. The highest BCUT2D eigenvalue weighted by molar-refractivity contribution is 7.89. The molecule has 1 atom stereocenters. The zero-order valence-electron chi connectivity index (χ0n) is 14.9. The summed E-state index contributed by atoms with van der Waals surface area (Å²) in [5.74, 6) is -0.460.